The van der Waals surface area contributed by atoms with Gasteiger partial charge in [0.25, 0.3) is 5.91 Å². The molecule has 1 heterocycles. The van der Waals surface area contributed by atoms with Crippen molar-refractivity contribution >= 4 is 16.8 Å². The second-order valence-corrected chi connectivity index (χ2v) is 3.03. The molecule has 0 bridgehead atoms. The summed E-state index contributed by atoms with van der Waals surface area (Å²) in [6, 6.07) is 7.98. The summed E-state index contributed by atoms with van der Waals surface area (Å²) in [5.74, 6) is -0.738. The molecule has 15 heavy (non-hydrogen) atoms. The number of aromatic nitrogens is 1. The highest BCUT2D eigenvalue weighted by Gasteiger charge is 2.07. The third kappa shape index (κ3) is 1.60. The molecular weight excluding hydrogens is 196 g/mol. The number of amides is 1. The lowest BCUT2D eigenvalue weighted by Gasteiger charge is -2.01. The van der Waals surface area contributed by atoms with Crippen molar-refractivity contribution in [3.05, 3.63) is 46.2 Å². The van der Waals surface area contributed by atoms with Crippen molar-refractivity contribution in [1.82, 2.24) is 10.5 Å². The zero-order valence-corrected chi connectivity index (χ0v) is 7.65. The molecule has 0 fully saturated rings. The van der Waals surface area contributed by atoms with Crippen molar-refractivity contribution in [2.45, 2.75) is 0 Å². The standard InChI is InChI=1S/C10H8N2O3/c13-9-5-8(10(14)12-15)11-7-4-2-1-3-6(7)9/h1-5,15H,(H,11,13)(H,12,14). The Hall–Kier alpha value is -2.14. The van der Waals surface area contributed by atoms with Gasteiger partial charge in [-0.25, -0.2) is 5.48 Å². The fraction of sp³-hybridized carbons (Fsp3) is 0. The van der Waals surface area contributed by atoms with Gasteiger partial charge in [-0.3, -0.25) is 14.8 Å². The highest BCUT2D eigenvalue weighted by molar-refractivity contribution is 5.94. The molecule has 0 unspecified atom stereocenters. The van der Waals surface area contributed by atoms with Crippen molar-refractivity contribution in [1.29, 1.82) is 0 Å². The molecule has 0 spiro atoms. The zero-order valence-electron chi connectivity index (χ0n) is 7.65. The third-order valence-electron chi connectivity index (χ3n) is 2.08. The van der Waals surface area contributed by atoms with E-state index in [1.807, 2.05) is 0 Å². The third-order valence-corrected chi connectivity index (χ3v) is 2.08. The summed E-state index contributed by atoms with van der Waals surface area (Å²) in [5, 5.41) is 8.94. The maximum atomic E-state index is 11.5. The van der Waals surface area contributed by atoms with Gasteiger partial charge in [0.15, 0.2) is 5.43 Å². The van der Waals surface area contributed by atoms with Gasteiger partial charge in [0.2, 0.25) is 0 Å². The number of hydroxylamine groups is 1. The lowest BCUT2D eigenvalue weighted by Crippen LogP contribution is -2.22. The molecule has 1 amide bonds. The minimum Gasteiger partial charge on any atom is -0.350 e. The lowest BCUT2D eigenvalue weighted by atomic mass is 10.2. The first-order valence-corrected chi connectivity index (χ1v) is 4.29. The molecule has 5 heteroatoms. The Balaban J connectivity index is 2.73. The van der Waals surface area contributed by atoms with Gasteiger partial charge in [0.1, 0.15) is 5.69 Å². The second-order valence-electron chi connectivity index (χ2n) is 3.03. The van der Waals surface area contributed by atoms with Gasteiger partial charge in [0, 0.05) is 17.0 Å². The predicted octanol–water partition coefficient (Wildman–Crippen LogP) is 0.647. The summed E-state index contributed by atoms with van der Waals surface area (Å²) >= 11 is 0. The predicted molar refractivity (Wildman–Crippen MR) is 53.8 cm³/mol. The normalized spacial score (nSPS) is 10.2. The largest absolute Gasteiger partial charge is 0.350 e. The van der Waals surface area contributed by atoms with E-state index in [2.05, 4.69) is 4.98 Å². The van der Waals surface area contributed by atoms with E-state index in [1.54, 1.807) is 24.3 Å². The van der Waals surface area contributed by atoms with Gasteiger partial charge in [0.05, 0.1) is 0 Å². The van der Waals surface area contributed by atoms with Gasteiger partial charge >= 0.3 is 0 Å². The van der Waals surface area contributed by atoms with Crippen molar-refractivity contribution in [2.24, 2.45) is 0 Å². The maximum Gasteiger partial charge on any atom is 0.291 e. The zero-order chi connectivity index (χ0) is 10.8. The van der Waals surface area contributed by atoms with E-state index >= 15 is 0 Å². The number of hydrogen-bond donors (Lipinski definition) is 3. The number of pyridine rings is 1. The average molecular weight is 204 g/mol. The number of H-pyrrole nitrogens is 1. The summed E-state index contributed by atoms with van der Waals surface area (Å²) in [6.07, 6.45) is 0. The summed E-state index contributed by atoms with van der Waals surface area (Å²) in [5.41, 5.74) is 1.79. The highest BCUT2D eigenvalue weighted by Crippen LogP contribution is 2.06. The van der Waals surface area contributed by atoms with Crippen molar-refractivity contribution in [3.63, 3.8) is 0 Å². The first-order chi connectivity index (χ1) is 7.22. The van der Waals surface area contributed by atoms with E-state index in [9.17, 15) is 9.59 Å². The van der Waals surface area contributed by atoms with Gasteiger partial charge in [-0.1, -0.05) is 12.1 Å². The first-order valence-electron chi connectivity index (χ1n) is 4.29. The minimum atomic E-state index is -0.738. The molecule has 0 saturated carbocycles. The van der Waals surface area contributed by atoms with Gasteiger partial charge < -0.3 is 4.98 Å². The van der Waals surface area contributed by atoms with Gasteiger partial charge in [-0.2, -0.15) is 0 Å². The Bertz CT molecular complexity index is 574. The molecule has 1 aromatic heterocycles. The van der Waals surface area contributed by atoms with Crippen LogP contribution in [0, 0.1) is 0 Å². The van der Waals surface area contributed by atoms with E-state index in [0.717, 1.165) is 6.07 Å². The summed E-state index contributed by atoms with van der Waals surface area (Å²) in [6.45, 7) is 0. The Morgan fingerprint density at radius 1 is 1.33 bits per heavy atom. The Labute approximate surface area is 84.3 Å². The van der Waals surface area contributed by atoms with Gasteiger partial charge in [-0.05, 0) is 12.1 Å². The first kappa shape index (κ1) is 9.42. The lowest BCUT2D eigenvalue weighted by molar-refractivity contribution is 0.0701. The molecule has 2 aromatic rings. The highest BCUT2D eigenvalue weighted by atomic mass is 16.5. The van der Waals surface area contributed by atoms with Crippen LogP contribution in [0.2, 0.25) is 0 Å². The van der Waals surface area contributed by atoms with Crippen LogP contribution in [0.15, 0.2) is 35.1 Å². The van der Waals surface area contributed by atoms with E-state index in [-0.39, 0.29) is 11.1 Å². The summed E-state index contributed by atoms with van der Waals surface area (Å²) < 4.78 is 0. The Kier molecular flexibility index (Phi) is 2.23. The van der Waals surface area contributed by atoms with Crippen molar-refractivity contribution < 1.29 is 10.0 Å². The number of benzene rings is 1. The van der Waals surface area contributed by atoms with Crippen molar-refractivity contribution in [2.75, 3.05) is 0 Å². The van der Waals surface area contributed by atoms with Crippen LogP contribution < -0.4 is 10.9 Å². The molecule has 1 aromatic carbocycles. The fourth-order valence-electron chi connectivity index (χ4n) is 1.38. The van der Waals surface area contributed by atoms with E-state index < -0.39 is 5.91 Å². The Morgan fingerprint density at radius 2 is 2.07 bits per heavy atom. The van der Waals surface area contributed by atoms with Crippen LogP contribution >= 0.6 is 0 Å². The molecule has 0 saturated heterocycles. The second kappa shape index (κ2) is 3.55. The van der Waals surface area contributed by atoms with Crippen LogP contribution in [0.5, 0.6) is 0 Å². The molecule has 2 rings (SSSR count). The molecular formula is C10H8N2O3. The summed E-state index contributed by atoms with van der Waals surface area (Å²) in [7, 11) is 0. The van der Waals surface area contributed by atoms with Crippen LogP contribution in [0.1, 0.15) is 10.5 Å². The molecule has 0 radical (unpaired) electrons. The number of carbonyl (C=O) groups excluding carboxylic acids is 1. The van der Waals surface area contributed by atoms with E-state index in [1.165, 1.54) is 5.48 Å². The van der Waals surface area contributed by atoms with Crippen LogP contribution in [0.25, 0.3) is 10.9 Å². The molecule has 76 valence electrons. The van der Waals surface area contributed by atoms with E-state index in [0.29, 0.717) is 10.9 Å². The number of aromatic amines is 1. The monoisotopic (exact) mass is 204 g/mol. The number of rotatable bonds is 1. The number of hydrogen-bond acceptors (Lipinski definition) is 3. The molecule has 0 aliphatic heterocycles. The maximum absolute atomic E-state index is 11.5. The van der Waals surface area contributed by atoms with Crippen LogP contribution in [-0.2, 0) is 0 Å². The van der Waals surface area contributed by atoms with E-state index in [4.69, 9.17) is 5.21 Å². The Morgan fingerprint density at radius 3 is 2.80 bits per heavy atom. The topological polar surface area (TPSA) is 82.2 Å². The SMILES string of the molecule is O=C(NO)c1cc(=O)c2ccccc2[nH]1. The minimum absolute atomic E-state index is 0.0289. The smallest absolute Gasteiger partial charge is 0.291 e. The molecule has 5 nitrogen and oxygen atoms in total. The quantitative estimate of drug-likeness (QED) is 0.471. The van der Waals surface area contributed by atoms with Crippen LogP contribution in [-0.4, -0.2) is 16.1 Å². The van der Waals surface area contributed by atoms with Crippen LogP contribution in [0.3, 0.4) is 0 Å². The van der Waals surface area contributed by atoms with Crippen molar-refractivity contribution in [3.8, 4) is 0 Å². The summed E-state index contributed by atoms with van der Waals surface area (Å²) in [4.78, 5) is 25.4. The number of nitrogens with one attached hydrogen (secondary N) is 2. The number of fused-ring (bicyclic) bond motifs is 1. The van der Waals surface area contributed by atoms with Gasteiger partial charge in [-0.15, -0.1) is 0 Å². The molecule has 0 aliphatic rings. The average Bonchev–Trinajstić information content (AvgIpc) is 2.28. The molecule has 3 N–H and O–H groups in total. The van der Waals surface area contributed by atoms with Crippen LogP contribution in [0.4, 0.5) is 0 Å². The molecule has 0 aliphatic carbocycles. The number of para-hydroxylation sites is 1. The molecule has 0 atom stereocenters. The number of carbonyl (C=O) groups is 1. The fourth-order valence-corrected chi connectivity index (χ4v) is 1.38.